The number of nitrogens with zero attached hydrogens (tertiary/aromatic N) is 5. The molecule has 0 amide bonds. The monoisotopic (exact) mass is 327 g/mol. The van der Waals surface area contributed by atoms with Gasteiger partial charge in [-0.15, -0.1) is 15.3 Å². The van der Waals surface area contributed by atoms with Gasteiger partial charge in [0.1, 0.15) is 5.58 Å². The molecule has 0 radical (unpaired) electrons. The van der Waals surface area contributed by atoms with Gasteiger partial charge in [0.2, 0.25) is 4.96 Å². The second kappa shape index (κ2) is 5.75. The fourth-order valence-corrected chi connectivity index (χ4v) is 3.40. The Morgan fingerprint density at radius 3 is 2.78 bits per heavy atom. The van der Waals surface area contributed by atoms with Gasteiger partial charge in [0.05, 0.1) is 6.54 Å². The summed E-state index contributed by atoms with van der Waals surface area (Å²) >= 11 is 1.49. The van der Waals surface area contributed by atoms with Gasteiger partial charge in [0.25, 0.3) is 0 Å². The second-order valence-corrected chi connectivity index (χ2v) is 6.28. The van der Waals surface area contributed by atoms with Crippen molar-refractivity contribution in [2.75, 3.05) is 13.1 Å². The normalized spacial score (nSPS) is 12.0. The number of para-hydroxylation sites is 1. The minimum Gasteiger partial charge on any atom is -0.453 e. The summed E-state index contributed by atoms with van der Waals surface area (Å²) in [7, 11) is 0. The number of hydrogen-bond donors (Lipinski definition) is 0. The highest BCUT2D eigenvalue weighted by atomic mass is 32.1. The van der Waals surface area contributed by atoms with E-state index < -0.39 is 0 Å². The van der Waals surface area contributed by atoms with Crippen LogP contribution in [0.25, 0.3) is 26.7 Å². The van der Waals surface area contributed by atoms with E-state index >= 15 is 0 Å². The predicted molar refractivity (Wildman–Crippen MR) is 90.5 cm³/mol. The summed E-state index contributed by atoms with van der Waals surface area (Å²) in [6.07, 6.45) is 0. The van der Waals surface area contributed by atoms with E-state index in [0.29, 0.717) is 0 Å². The largest absolute Gasteiger partial charge is 0.453 e. The molecule has 1 aromatic carbocycles. The summed E-state index contributed by atoms with van der Waals surface area (Å²) in [5.41, 5.74) is 0.872. The van der Waals surface area contributed by atoms with Gasteiger partial charge in [-0.3, -0.25) is 4.90 Å². The van der Waals surface area contributed by atoms with Crippen LogP contribution in [0.15, 0.2) is 34.7 Å². The van der Waals surface area contributed by atoms with E-state index in [4.69, 9.17) is 4.42 Å². The molecule has 0 aliphatic heterocycles. The van der Waals surface area contributed by atoms with Crippen LogP contribution in [0.2, 0.25) is 0 Å². The number of benzene rings is 1. The first kappa shape index (κ1) is 14.3. The Bertz CT molecular complexity index is 917. The molecule has 4 rings (SSSR count). The third-order valence-corrected chi connectivity index (χ3v) is 4.86. The van der Waals surface area contributed by atoms with Crippen LogP contribution >= 0.6 is 11.3 Å². The lowest BCUT2D eigenvalue weighted by atomic mass is 10.2. The summed E-state index contributed by atoms with van der Waals surface area (Å²) < 4.78 is 7.72. The maximum Gasteiger partial charge on any atom is 0.235 e. The zero-order valence-corrected chi connectivity index (χ0v) is 13.9. The van der Waals surface area contributed by atoms with Crippen LogP contribution in [0.3, 0.4) is 0 Å². The fraction of sp³-hybridized carbons (Fsp3) is 0.312. The smallest absolute Gasteiger partial charge is 0.235 e. The zero-order valence-electron chi connectivity index (χ0n) is 13.1. The number of furan rings is 1. The molecule has 0 spiro atoms. The van der Waals surface area contributed by atoms with Crippen LogP contribution < -0.4 is 0 Å². The molecule has 0 N–H and O–H groups in total. The van der Waals surface area contributed by atoms with Crippen molar-refractivity contribution in [2.45, 2.75) is 20.4 Å². The molecular weight excluding hydrogens is 310 g/mol. The maximum absolute atomic E-state index is 5.89. The number of hydrogen-bond acceptors (Lipinski definition) is 6. The maximum atomic E-state index is 5.89. The Balaban J connectivity index is 1.72. The van der Waals surface area contributed by atoms with E-state index in [0.717, 1.165) is 52.2 Å². The summed E-state index contributed by atoms with van der Waals surface area (Å²) in [5, 5.41) is 15.1. The van der Waals surface area contributed by atoms with E-state index in [1.165, 1.54) is 11.3 Å². The SMILES string of the molecule is CCN(CC)Cc1nnc2sc(-c3cc4ccccc4o3)nn12. The van der Waals surface area contributed by atoms with Crippen molar-refractivity contribution >= 4 is 27.3 Å². The van der Waals surface area contributed by atoms with Crippen molar-refractivity contribution in [3.63, 3.8) is 0 Å². The molecule has 0 atom stereocenters. The molecule has 7 heteroatoms. The molecule has 0 saturated heterocycles. The lowest BCUT2D eigenvalue weighted by Gasteiger charge is -2.15. The molecule has 0 unspecified atom stereocenters. The van der Waals surface area contributed by atoms with E-state index in [1.54, 1.807) is 0 Å². The predicted octanol–water partition coefficient (Wildman–Crippen LogP) is 3.44. The Labute approximate surface area is 137 Å². The first-order chi connectivity index (χ1) is 11.3. The van der Waals surface area contributed by atoms with Gasteiger partial charge in [-0.2, -0.15) is 4.52 Å². The first-order valence-corrected chi connectivity index (χ1v) is 8.52. The summed E-state index contributed by atoms with van der Waals surface area (Å²) in [5.74, 6) is 1.64. The van der Waals surface area contributed by atoms with Crippen molar-refractivity contribution in [1.29, 1.82) is 0 Å². The highest BCUT2D eigenvalue weighted by Gasteiger charge is 2.16. The molecule has 4 aromatic rings. The minimum absolute atomic E-state index is 0.747. The van der Waals surface area contributed by atoms with Gasteiger partial charge < -0.3 is 4.42 Å². The molecule has 0 aliphatic rings. The standard InChI is InChI=1S/C16H17N5OS/c1-3-20(4-2)10-14-17-18-16-21(14)19-15(23-16)13-9-11-7-5-6-8-12(11)22-13/h5-9H,3-4,10H2,1-2H3. The Kier molecular flexibility index (Phi) is 3.59. The third-order valence-electron chi connectivity index (χ3n) is 3.95. The number of rotatable bonds is 5. The van der Waals surface area contributed by atoms with Gasteiger partial charge >= 0.3 is 0 Å². The zero-order chi connectivity index (χ0) is 15.8. The van der Waals surface area contributed by atoms with Crippen molar-refractivity contribution in [1.82, 2.24) is 24.7 Å². The van der Waals surface area contributed by atoms with Gasteiger partial charge in [-0.1, -0.05) is 43.4 Å². The lowest BCUT2D eigenvalue weighted by Crippen LogP contribution is -2.23. The summed E-state index contributed by atoms with van der Waals surface area (Å²) in [6.45, 7) is 6.99. The van der Waals surface area contributed by atoms with Crippen molar-refractivity contribution in [3.8, 4) is 10.8 Å². The average Bonchev–Trinajstić information content (AvgIpc) is 3.26. The highest BCUT2D eigenvalue weighted by Crippen LogP contribution is 2.30. The quantitative estimate of drug-likeness (QED) is 0.562. The molecule has 0 aliphatic carbocycles. The van der Waals surface area contributed by atoms with Crippen LogP contribution in [0.4, 0.5) is 0 Å². The molecule has 0 fully saturated rings. The van der Waals surface area contributed by atoms with Crippen LogP contribution in [-0.4, -0.2) is 37.8 Å². The molecule has 3 heterocycles. The molecule has 6 nitrogen and oxygen atoms in total. The first-order valence-electron chi connectivity index (χ1n) is 7.71. The fourth-order valence-electron chi connectivity index (χ4n) is 2.59. The molecule has 0 bridgehead atoms. The van der Waals surface area contributed by atoms with Crippen LogP contribution in [0.5, 0.6) is 0 Å². The van der Waals surface area contributed by atoms with Crippen LogP contribution in [0, 0.1) is 0 Å². The van der Waals surface area contributed by atoms with Gasteiger partial charge in [-0.25, -0.2) is 0 Å². The number of aromatic nitrogens is 4. The molecule has 0 saturated carbocycles. The third kappa shape index (κ3) is 2.51. The average molecular weight is 327 g/mol. The van der Waals surface area contributed by atoms with E-state index in [1.807, 2.05) is 34.8 Å². The van der Waals surface area contributed by atoms with Crippen molar-refractivity contribution in [3.05, 3.63) is 36.2 Å². The minimum atomic E-state index is 0.747. The Hall–Kier alpha value is -2.25. The lowest BCUT2D eigenvalue weighted by molar-refractivity contribution is 0.286. The van der Waals surface area contributed by atoms with Gasteiger partial charge in [0.15, 0.2) is 16.6 Å². The summed E-state index contributed by atoms with van der Waals surface area (Å²) in [4.78, 5) is 3.08. The van der Waals surface area contributed by atoms with E-state index in [-0.39, 0.29) is 0 Å². The van der Waals surface area contributed by atoms with Gasteiger partial charge in [0, 0.05) is 5.39 Å². The topological polar surface area (TPSA) is 59.5 Å². The summed E-state index contributed by atoms with van der Waals surface area (Å²) in [6, 6.07) is 9.99. The number of fused-ring (bicyclic) bond motifs is 2. The van der Waals surface area contributed by atoms with Crippen LogP contribution in [-0.2, 0) is 6.54 Å². The van der Waals surface area contributed by atoms with Crippen molar-refractivity contribution < 1.29 is 4.42 Å². The Morgan fingerprint density at radius 1 is 1.17 bits per heavy atom. The molecular formula is C16H17N5OS. The van der Waals surface area contributed by atoms with E-state index in [9.17, 15) is 0 Å². The van der Waals surface area contributed by atoms with Gasteiger partial charge in [-0.05, 0) is 25.2 Å². The Morgan fingerprint density at radius 2 is 2.00 bits per heavy atom. The molecule has 3 aromatic heterocycles. The van der Waals surface area contributed by atoms with E-state index in [2.05, 4.69) is 34.0 Å². The highest BCUT2D eigenvalue weighted by molar-refractivity contribution is 7.19. The van der Waals surface area contributed by atoms with Crippen molar-refractivity contribution in [2.24, 2.45) is 0 Å². The van der Waals surface area contributed by atoms with Crippen LogP contribution in [0.1, 0.15) is 19.7 Å². The molecule has 23 heavy (non-hydrogen) atoms. The second-order valence-electron chi connectivity index (χ2n) is 5.33. The molecule has 118 valence electrons.